The lowest BCUT2D eigenvalue weighted by Gasteiger charge is -2.09. The topological polar surface area (TPSA) is 64.3 Å². The van der Waals surface area contributed by atoms with E-state index in [4.69, 9.17) is 10.5 Å². The van der Waals surface area contributed by atoms with Crippen molar-refractivity contribution in [1.29, 1.82) is 0 Å². The van der Waals surface area contributed by atoms with Gasteiger partial charge >= 0.3 is 0 Å². The van der Waals surface area contributed by atoms with Gasteiger partial charge in [-0.1, -0.05) is 0 Å². The van der Waals surface area contributed by atoms with Crippen molar-refractivity contribution in [3.63, 3.8) is 0 Å². The van der Waals surface area contributed by atoms with E-state index in [9.17, 15) is 4.79 Å². The average Bonchev–Trinajstić information content (AvgIpc) is 2.72. The second-order valence-corrected chi connectivity index (χ2v) is 2.84. The van der Waals surface area contributed by atoms with Gasteiger partial charge in [-0.3, -0.25) is 4.79 Å². The van der Waals surface area contributed by atoms with Crippen molar-refractivity contribution in [1.82, 2.24) is 5.32 Å². The zero-order valence-electron chi connectivity index (χ0n) is 6.67. The van der Waals surface area contributed by atoms with Crippen LogP contribution in [0.4, 0.5) is 0 Å². The Kier molecular flexibility index (Phi) is 2.84. The van der Waals surface area contributed by atoms with Gasteiger partial charge in [0.15, 0.2) is 0 Å². The van der Waals surface area contributed by atoms with Crippen LogP contribution in [0.1, 0.15) is 12.8 Å². The fourth-order valence-corrected chi connectivity index (χ4v) is 0.791. The highest BCUT2D eigenvalue weighted by Gasteiger charge is 2.25. The van der Waals surface area contributed by atoms with Crippen LogP contribution in [0, 0.1) is 0 Å². The first-order valence-corrected chi connectivity index (χ1v) is 3.79. The van der Waals surface area contributed by atoms with E-state index in [1.807, 2.05) is 0 Å². The van der Waals surface area contributed by atoms with Crippen LogP contribution in [0.5, 0.6) is 0 Å². The Morgan fingerprint density at radius 3 is 2.91 bits per heavy atom. The van der Waals surface area contributed by atoms with E-state index in [1.54, 1.807) is 0 Å². The number of rotatable bonds is 4. The van der Waals surface area contributed by atoms with Crippen LogP contribution in [0.15, 0.2) is 0 Å². The number of carbonyl (C=O) groups excluding carboxylic acids is 1. The monoisotopic (exact) mass is 158 g/mol. The maximum absolute atomic E-state index is 11.1. The van der Waals surface area contributed by atoms with E-state index in [-0.39, 0.29) is 5.91 Å². The Morgan fingerprint density at radius 1 is 1.82 bits per heavy atom. The Labute approximate surface area is 66.1 Å². The molecule has 0 spiro atoms. The van der Waals surface area contributed by atoms with Gasteiger partial charge in [0.1, 0.15) is 6.04 Å². The van der Waals surface area contributed by atoms with Crippen LogP contribution < -0.4 is 11.1 Å². The molecule has 4 heteroatoms. The molecule has 0 aromatic carbocycles. The van der Waals surface area contributed by atoms with Crippen molar-refractivity contribution < 1.29 is 9.53 Å². The summed E-state index contributed by atoms with van der Waals surface area (Å²) in [5.41, 5.74) is 5.47. The van der Waals surface area contributed by atoms with Crippen LogP contribution in [-0.4, -0.2) is 31.7 Å². The van der Waals surface area contributed by atoms with Crippen molar-refractivity contribution in [2.45, 2.75) is 24.9 Å². The summed E-state index contributed by atoms with van der Waals surface area (Å²) in [7, 11) is 1.53. The van der Waals surface area contributed by atoms with E-state index < -0.39 is 6.04 Å². The molecule has 0 aliphatic heterocycles. The maximum atomic E-state index is 11.1. The lowest BCUT2D eigenvalue weighted by atomic mass is 10.3. The van der Waals surface area contributed by atoms with E-state index in [2.05, 4.69) is 5.32 Å². The molecule has 1 saturated carbocycles. The molecule has 0 radical (unpaired) electrons. The second-order valence-electron chi connectivity index (χ2n) is 2.84. The second kappa shape index (κ2) is 3.69. The lowest BCUT2D eigenvalue weighted by molar-refractivity contribution is -0.123. The fraction of sp³-hybridized carbons (Fsp3) is 0.857. The number of carbonyl (C=O) groups is 1. The van der Waals surface area contributed by atoms with Gasteiger partial charge in [-0.05, 0) is 12.8 Å². The predicted octanol–water partition coefficient (Wildman–Crippen LogP) is -0.761. The number of nitrogens with two attached hydrogens (primary N) is 1. The molecule has 1 unspecified atom stereocenters. The van der Waals surface area contributed by atoms with Crippen LogP contribution >= 0.6 is 0 Å². The number of nitrogens with one attached hydrogen (secondary N) is 1. The zero-order valence-corrected chi connectivity index (χ0v) is 6.67. The van der Waals surface area contributed by atoms with Crippen molar-refractivity contribution >= 4 is 5.91 Å². The summed E-state index contributed by atoms with van der Waals surface area (Å²) in [6.45, 7) is 0.290. The molecule has 0 bridgehead atoms. The van der Waals surface area contributed by atoms with Crippen molar-refractivity contribution in [2.75, 3.05) is 13.7 Å². The van der Waals surface area contributed by atoms with Crippen molar-refractivity contribution in [3.8, 4) is 0 Å². The van der Waals surface area contributed by atoms with Gasteiger partial charge < -0.3 is 15.8 Å². The Hall–Kier alpha value is -0.610. The third-order valence-electron chi connectivity index (χ3n) is 1.61. The van der Waals surface area contributed by atoms with Gasteiger partial charge in [-0.2, -0.15) is 0 Å². The number of methoxy groups -OCH3 is 1. The SMILES string of the molecule is COCC(N)C(=O)NC1CC1. The Balaban J connectivity index is 2.15. The molecule has 1 aliphatic rings. The number of hydrogen-bond acceptors (Lipinski definition) is 3. The summed E-state index contributed by atoms with van der Waals surface area (Å²) in [5.74, 6) is -0.102. The van der Waals surface area contributed by atoms with Gasteiger partial charge in [-0.25, -0.2) is 0 Å². The van der Waals surface area contributed by atoms with Gasteiger partial charge in [0.25, 0.3) is 0 Å². The molecule has 1 amide bonds. The molecule has 0 heterocycles. The van der Waals surface area contributed by atoms with Crippen LogP contribution in [0.3, 0.4) is 0 Å². The molecule has 4 nitrogen and oxygen atoms in total. The van der Waals surface area contributed by atoms with Crippen LogP contribution in [0.25, 0.3) is 0 Å². The molecule has 0 aromatic heterocycles. The molecule has 64 valence electrons. The highest BCUT2D eigenvalue weighted by atomic mass is 16.5. The minimum atomic E-state index is -0.513. The minimum Gasteiger partial charge on any atom is -0.383 e. The Bertz CT molecular complexity index is 145. The quantitative estimate of drug-likeness (QED) is 0.565. The third kappa shape index (κ3) is 2.86. The normalized spacial score (nSPS) is 19.5. The van der Waals surface area contributed by atoms with Gasteiger partial charge in [0.05, 0.1) is 6.61 Å². The molecule has 3 N–H and O–H groups in total. The van der Waals surface area contributed by atoms with Gasteiger partial charge in [0.2, 0.25) is 5.91 Å². The molecule has 0 aromatic rings. The summed E-state index contributed by atoms with van der Waals surface area (Å²) in [6, 6.07) is -0.133. The summed E-state index contributed by atoms with van der Waals surface area (Å²) in [6.07, 6.45) is 2.18. The fourth-order valence-electron chi connectivity index (χ4n) is 0.791. The smallest absolute Gasteiger partial charge is 0.239 e. The van der Waals surface area contributed by atoms with Crippen LogP contribution in [-0.2, 0) is 9.53 Å². The summed E-state index contributed by atoms with van der Waals surface area (Å²) in [5, 5.41) is 2.79. The maximum Gasteiger partial charge on any atom is 0.239 e. The van der Waals surface area contributed by atoms with Gasteiger partial charge in [-0.15, -0.1) is 0 Å². The third-order valence-corrected chi connectivity index (χ3v) is 1.61. The Morgan fingerprint density at radius 2 is 2.45 bits per heavy atom. The first kappa shape index (κ1) is 8.49. The van der Waals surface area contributed by atoms with Crippen LogP contribution in [0.2, 0.25) is 0 Å². The van der Waals surface area contributed by atoms with Crippen molar-refractivity contribution in [2.24, 2.45) is 5.73 Å². The molecule has 1 aliphatic carbocycles. The largest absolute Gasteiger partial charge is 0.383 e. The highest BCUT2D eigenvalue weighted by molar-refractivity contribution is 5.82. The number of amides is 1. The van der Waals surface area contributed by atoms with E-state index in [0.29, 0.717) is 12.6 Å². The molecule has 1 rings (SSSR count). The average molecular weight is 158 g/mol. The predicted molar refractivity (Wildman–Crippen MR) is 41.0 cm³/mol. The molecule has 11 heavy (non-hydrogen) atoms. The van der Waals surface area contributed by atoms with E-state index in [0.717, 1.165) is 12.8 Å². The summed E-state index contributed by atoms with van der Waals surface area (Å²) < 4.78 is 4.74. The lowest BCUT2D eigenvalue weighted by Crippen LogP contribution is -2.44. The van der Waals surface area contributed by atoms with Crippen molar-refractivity contribution in [3.05, 3.63) is 0 Å². The van der Waals surface area contributed by atoms with Gasteiger partial charge in [0, 0.05) is 13.2 Å². The summed E-state index contributed by atoms with van der Waals surface area (Å²) in [4.78, 5) is 11.1. The molecule has 0 saturated heterocycles. The zero-order chi connectivity index (χ0) is 8.27. The molecule has 1 fully saturated rings. The standard InChI is InChI=1S/C7H14N2O2/c1-11-4-6(8)7(10)9-5-2-3-5/h5-6H,2-4,8H2,1H3,(H,9,10). The highest BCUT2D eigenvalue weighted by Crippen LogP contribution is 2.18. The molecular weight excluding hydrogens is 144 g/mol. The molecular formula is C7H14N2O2. The van der Waals surface area contributed by atoms with E-state index >= 15 is 0 Å². The number of hydrogen-bond donors (Lipinski definition) is 2. The number of ether oxygens (including phenoxy) is 1. The summed E-state index contributed by atoms with van der Waals surface area (Å²) >= 11 is 0. The molecule has 1 atom stereocenters. The first-order valence-electron chi connectivity index (χ1n) is 3.79. The minimum absolute atomic E-state index is 0.102. The first-order chi connectivity index (χ1) is 5.24. The van der Waals surface area contributed by atoms with E-state index in [1.165, 1.54) is 7.11 Å².